The molecule has 0 aromatic carbocycles. The lowest BCUT2D eigenvalue weighted by molar-refractivity contribution is -0.00269. The zero-order valence-corrected chi connectivity index (χ0v) is 8.64. The van der Waals surface area contributed by atoms with E-state index in [0.717, 1.165) is 12.8 Å². The van der Waals surface area contributed by atoms with Crippen molar-refractivity contribution in [1.29, 1.82) is 0 Å². The maximum absolute atomic E-state index is 11.4. The van der Waals surface area contributed by atoms with Crippen molar-refractivity contribution in [3.63, 3.8) is 0 Å². The second-order valence-corrected chi connectivity index (χ2v) is 3.76. The highest BCUT2D eigenvalue weighted by molar-refractivity contribution is 5.88. The van der Waals surface area contributed by atoms with Crippen molar-refractivity contribution in [3.05, 3.63) is 24.2 Å². The number of furan rings is 1. The molecule has 0 N–H and O–H groups in total. The summed E-state index contributed by atoms with van der Waals surface area (Å²) in [6.07, 6.45) is 5.15. The summed E-state index contributed by atoms with van der Waals surface area (Å²) < 4.78 is 15.4. The average molecular weight is 210 g/mol. The van der Waals surface area contributed by atoms with Crippen LogP contribution in [-0.4, -0.2) is 24.8 Å². The molecule has 2 atom stereocenters. The third-order valence-corrected chi connectivity index (χ3v) is 2.48. The summed E-state index contributed by atoms with van der Waals surface area (Å²) in [6, 6.07) is 1.58. The fraction of sp³-hybridized carbons (Fsp3) is 0.545. The van der Waals surface area contributed by atoms with Crippen LogP contribution in [0.5, 0.6) is 0 Å². The second kappa shape index (κ2) is 4.49. The summed E-state index contributed by atoms with van der Waals surface area (Å²) in [5, 5.41) is 0. The quantitative estimate of drug-likeness (QED) is 0.716. The zero-order chi connectivity index (χ0) is 10.7. The van der Waals surface area contributed by atoms with E-state index in [1.807, 2.05) is 6.92 Å². The number of carbonyl (C=O) groups is 1. The van der Waals surface area contributed by atoms with Crippen molar-refractivity contribution in [2.24, 2.45) is 0 Å². The van der Waals surface area contributed by atoms with Gasteiger partial charge in [-0.25, -0.2) is 4.79 Å². The number of hydrogen-bond acceptors (Lipinski definition) is 4. The Morgan fingerprint density at radius 3 is 3.07 bits per heavy atom. The van der Waals surface area contributed by atoms with Crippen molar-refractivity contribution >= 4 is 5.97 Å². The van der Waals surface area contributed by atoms with Crippen LogP contribution >= 0.6 is 0 Å². The van der Waals surface area contributed by atoms with Crippen molar-refractivity contribution in [1.82, 2.24) is 0 Å². The molecule has 4 nitrogen and oxygen atoms in total. The standard InChI is InChI=1S/C11H14O4/c1-8-2-3-10(15-8)7-14-11(12)9-4-5-13-6-9/h4-6,8,10H,2-3,7H2,1H3/t8-,10+/m0/s1. The van der Waals surface area contributed by atoms with Gasteiger partial charge in [-0.05, 0) is 25.8 Å². The highest BCUT2D eigenvalue weighted by atomic mass is 16.6. The van der Waals surface area contributed by atoms with Gasteiger partial charge in [0, 0.05) is 0 Å². The van der Waals surface area contributed by atoms with Gasteiger partial charge in [0.2, 0.25) is 0 Å². The first-order valence-corrected chi connectivity index (χ1v) is 5.10. The Morgan fingerprint density at radius 1 is 1.60 bits per heavy atom. The van der Waals surface area contributed by atoms with Crippen molar-refractivity contribution < 1.29 is 18.7 Å². The molecule has 1 aromatic heterocycles. The van der Waals surface area contributed by atoms with Crippen LogP contribution < -0.4 is 0 Å². The van der Waals surface area contributed by atoms with Gasteiger partial charge in [-0.2, -0.15) is 0 Å². The van der Waals surface area contributed by atoms with Crippen LogP contribution in [-0.2, 0) is 9.47 Å². The number of rotatable bonds is 3. The summed E-state index contributed by atoms with van der Waals surface area (Å²) in [4.78, 5) is 11.4. The summed E-state index contributed by atoms with van der Waals surface area (Å²) in [5.41, 5.74) is 0.445. The van der Waals surface area contributed by atoms with E-state index in [2.05, 4.69) is 0 Å². The molecule has 1 aliphatic heterocycles. The molecule has 0 spiro atoms. The number of esters is 1. The fourth-order valence-electron chi connectivity index (χ4n) is 1.64. The summed E-state index contributed by atoms with van der Waals surface area (Å²) in [7, 11) is 0. The normalized spacial score (nSPS) is 25.4. The minimum atomic E-state index is -0.355. The van der Waals surface area contributed by atoms with E-state index in [1.165, 1.54) is 12.5 Å². The van der Waals surface area contributed by atoms with Gasteiger partial charge in [0.1, 0.15) is 12.9 Å². The van der Waals surface area contributed by atoms with E-state index in [-0.39, 0.29) is 18.2 Å². The molecular formula is C11H14O4. The lowest BCUT2D eigenvalue weighted by Gasteiger charge is -2.10. The van der Waals surface area contributed by atoms with Crippen molar-refractivity contribution in [2.75, 3.05) is 6.61 Å². The molecule has 0 amide bonds. The van der Waals surface area contributed by atoms with E-state index in [0.29, 0.717) is 12.2 Å². The first-order valence-electron chi connectivity index (χ1n) is 5.10. The highest BCUT2D eigenvalue weighted by Gasteiger charge is 2.23. The smallest absolute Gasteiger partial charge is 0.341 e. The van der Waals surface area contributed by atoms with Crippen LogP contribution in [0.1, 0.15) is 30.1 Å². The SMILES string of the molecule is C[C@H]1CC[C@H](COC(=O)c2ccoc2)O1. The van der Waals surface area contributed by atoms with Crippen LogP contribution in [0.25, 0.3) is 0 Å². The predicted molar refractivity (Wildman–Crippen MR) is 52.6 cm³/mol. The van der Waals surface area contributed by atoms with Gasteiger partial charge in [0.25, 0.3) is 0 Å². The summed E-state index contributed by atoms with van der Waals surface area (Å²) in [6.45, 7) is 2.35. The van der Waals surface area contributed by atoms with Crippen LogP contribution in [0.2, 0.25) is 0 Å². The van der Waals surface area contributed by atoms with Crippen LogP contribution in [0.4, 0.5) is 0 Å². The lowest BCUT2D eigenvalue weighted by atomic mass is 10.2. The number of carbonyl (C=O) groups excluding carboxylic acids is 1. The largest absolute Gasteiger partial charge is 0.472 e. The number of hydrogen-bond donors (Lipinski definition) is 0. The minimum absolute atomic E-state index is 0.0517. The minimum Gasteiger partial charge on any atom is -0.472 e. The predicted octanol–water partition coefficient (Wildman–Crippen LogP) is 2.00. The van der Waals surface area contributed by atoms with Gasteiger partial charge >= 0.3 is 5.97 Å². The molecule has 1 saturated heterocycles. The molecule has 1 aliphatic rings. The Morgan fingerprint density at radius 2 is 2.47 bits per heavy atom. The van der Waals surface area contributed by atoms with E-state index < -0.39 is 0 Å². The number of ether oxygens (including phenoxy) is 2. The van der Waals surface area contributed by atoms with E-state index in [4.69, 9.17) is 13.9 Å². The first kappa shape index (κ1) is 10.2. The van der Waals surface area contributed by atoms with Gasteiger partial charge in [-0.3, -0.25) is 0 Å². The van der Waals surface area contributed by atoms with E-state index >= 15 is 0 Å². The van der Waals surface area contributed by atoms with Gasteiger partial charge in [-0.15, -0.1) is 0 Å². The van der Waals surface area contributed by atoms with Gasteiger partial charge in [0.05, 0.1) is 24.0 Å². The lowest BCUT2D eigenvalue weighted by Crippen LogP contribution is -2.18. The molecule has 0 saturated carbocycles. The van der Waals surface area contributed by atoms with E-state index in [9.17, 15) is 4.79 Å². The Kier molecular flexibility index (Phi) is 3.06. The summed E-state index contributed by atoms with van der Waals surface area (Å²) in [5.74, 6) is -0.355. The van der Waals surface area contributed by atoms with Crippen LogP contribution in [0.15, 0.2) is 23.0 Å². The summed E-state index contributed by atoms with van der Waals surface area (Å²) >= 11 is 0. The highest BCUT2D eigenvalue weighted by Crippen LogP contribution is 2.19. The molecule has 0 unspecified atom stereocenters. The molecule has 0 radical (unpaired) electrons. The molecule has 82 valence electrons. The first-order chi connectivity index (χ1) is 7.25. The third kappa shape index (κ3) is 2.59. The maximum atomic E-state index is 11.4. The van der Waals surface area contributed by atoms with Gasteiger partial charge in [-0.1, -0.05) is 0 Å². The molecule has 0 bridgehead atoms. The molecule has 15 heavy (non-hydrogen) atoms. The molecular weight excluding hydrogens is 196 g/mol. The van der Waals surface area contributed by atoms with Crippen LogP contribution in [0, 0.1) is 0 Å². The Bertz CT molecular complexity index is 317. The fourth-order valence-corrected chi connectivity index (χ4v) is 1.64. The Balaban J connectivity index is 1.76. The van der Waals surface area contributed by atoms with E-state index in [1.54, 1.807) is 6.07 Å². The maximum Gasteiger partial charge on any atom is 0.341 e. The molecule has 2 heterocycles. The van der Waals surface area contributed by atoms with Crippen molar-refractivity contribution in [2.45, 2.75) is 32.0 Å². The van der Waals surface area contributed by atoms with Gasteiger partial charge < -0.3 is 13.9 Å². The molecule has 2 rings (SSSR count). The van der Waals surface area contributed by atoms with Crippen molar-refractivity contribution in [3.8, 4) is 0 Å². The topological polar surface area (TPSA) is 48.7 Å². The molecule has 1 aromatic rings. The third-order valence-electron chi connectivity index (χ3n) is 2.48. The molecule has 1 fully saturated rings. The Labute approximate surface area is 88.2 Å². The second-order valence-electron chi connectivity index (χ2n) is 3.76. The monoisotopic (exact) mass is 210 g/mol. The Hall–Kier alpha value is -1.29. The van der Waals surface area contributed by atoms with Crippen LogP contribution in [0.3, 0.4) is 0 Å². The zero-order valence-electron chi connectivity index (χ0n) is 8.64. The average Bonchev–Trinajstić information content (AvgIpc) is 2.84. The molecule has 4 heteroatoms. The van der Waals surface area contributed by atoms with Gasteiger partial charge in [0.15, 0.2) is 0 Å². The molecule has 0 aliphatic carbocycles.